The average Bonchev–Trinajstić information content (AvgIpc) is 2.87. The van der Waals surface area contributed by atoms with Gasteiger partial charge in [-0.2, -0.15) is 4.98 Å². The maximum Gasteiger partial charge on any atom is 0.231 e. The molecule has 1 heterocycles. The molecule has 0 amide bonds. The van der Waals surface area contributed by atoms with Gasteiger partial charge in [-0.3, -0.25) is 0 Å². The van der Waals surface area contributed by atoms with Gasteiger partial charge in [0.1, 0.15) is 11.9 Å². The molecule has 0 saturated carbocycles. The first kappa shape index (κ1) is 14.5. The molecule has 1 aromatic heterocycles. The first-order valence-electron chi connectivity index (χ1n) is 6.95. The number of hydrogen-bond donors (Lipinski definition) is 1. The Morgan fingerprint density at radius 1 is 1.35 bits per heavy atom. The summed E-state index contributed by atoms with van der Waals surface area (Å²) in [7, 11) is 0. The van der Waals surface area contributed by atoms with Crippen molar-refractivity contribution < 1.29 is 14.4 Å². The van der Waals surface area contributed by atoms with Crippen molar-refractivity contribution in [3.8, 4) is 5.75 Å². The molecule has 2 aromatic rings. The van der Waals surface area contributed by atoms with Crippen molar-refractivity contribution in [3.05, 3.63) is 41.5 Å². The second kappa shape index (κ2) is 7.05. The lowest BCUT2D eigenvalue weighted by molar-refractivity contribution is 0.0478. The summed E-state index contributed by atoms with van der Waals surface area (Å²) in [5.74, 6) is 1.37. The summed E-state index contributed by atoms with van der Waals surface area (Å²) in [5, 5.41) is 13.4. The molecule has 2 rings (SSSR count). The van der Waals surface area contributed by atoms with Crippen molar-refractivity contribution in [1.29, 1.82) is 0 Å². The molecule has 0 spiro atoms. The Morgan fingerprint density at radius 3 is 2.90 bits per heavy atom. The average molecular weight is 276 g/mol. The number of aromatic hydroxyl groups is 1. The van der Waals surface area contributed by atoms with Crippen LogP contribution in [0.1, 0.15) is 50.1 Å². The molecular formula is C15H20N2O3. The minimum atomic E-state index is -0.105. The number of aromatic nitrogens is 2. The molecule has 0 aliphatic rings. The summed E-state index contributed by atoms with van der Waals surface area (Å²) in [6.45, 7) is 4.68. The van der Waals surface area contributed by atoms with Crippen LogP contribution < -0.4 is 0 Å². The minimum Gasteiger partial charge on any atom is -0.508 e. The highest BCUT2D eigenvalue weighted by atomic mass is 16.5. The van der Waals surface area contributed by atoms with Crippen molar-refractivity contribution in [2.45, 2.75) is 39.2 Å². The predicted octanol–water partition coefficient (Wildman–Crippen LogP) is 3.24. The van der Waals surface area contributed by atoms with E-state index in [1.165, 1.54) is 0 Å². The Bertz CT molecular complexity index is 533. The largest absolute Gasteiger partial charge is 0.508 e. The normalized spacial score (nSPS) is 12.5. The number of phenolic OH excluding ortho intramolecular Hbond substituents is 1. The van der Waals surface area contributed by atoms with Gasteiger partial charge in [-0.1, -0.05) is 30.6 Å². The zero-order valence-electron chi connectivity index (χ0n) is 11.9. The molecule has 0 aliphatic heterocycles. The maximum absolute atomic E-state index is 9.44. The molecule has 0 fully saturated rings. The first-order chi connectivity index (χ1) is 9.72. The first-order valence-corrected chi connectivity index (χ1v) is 6.95. The van der Waals surface area contributed by atoms with E-state index in [9.17, 15) is 5.11 Å². The molecule has 1 atom stereocenters. The van der Waals surface area contributed by atoms with Crippen LogP contribution in [-0.2, 0) is 11.2 Å². The van der Waals surface area contributed by atoms with E-state index in [-0.39, 0.29) is 11.9 Å². The SMILES string of the molecule is CCCC(OCC)c1noc(Cc2cccc(O)c2)n1. The lowest BCUT2D eigenvalue weighted by Gasteiger charge is -2.11. The number of nitrogens with zero attached hydrogens (tertiary/aromatic N) is 2. The molecule has 1 aromatic carbocycles. The van der Waals surface area contributed by atoms with E-state index in [2.05, 4.69) is 17.1 Å². The van der Waals surface area contributed by atoms with Gasteiger partial charge in [0, 0.05) is 6.61 Å². The molecule has 0 bridgehead atoms. The number of phenols is 1. The van der Waals surface area contributed by atoms with Gasteiger partial charge >= 0.3 is 0 Å². The van der Waals surface area contributed by atoms with Gasteiger partial charge in [0.15, 0.2) is 0 Å². The van der Waals surface area contributed by atoms with Gasteiger partial charge in [0.2, 0.25) is 11.7 Å². The van der Waals surface area contributed by atoms with E-state index in [1.54, 1.807) is 18.2 Å². The standard InChI is InChI=1S/C15H20N2O3/c1-3-6-13(19-4-2)15-16-14(20-17-15)10-11-7-5-8-12(18)9-11/h5,7-9,13,18H,3-4,6,10H2,1-2H3. The fraction of sp³-hybridized carbons (Fsp3) is 0.467. The Morgan fingerprint density at radius 2 is 2.20 bits per heavy atom. The molecule has 0 aliphatic carbocycles. The van der Waals surface area contributed by atoms with Crippen LogP contribution >= 0.6 is 0 Å². The topological polar surface area (TPSA) is 68.4 Å². The Labute approximate surface area is 118 Å². The summed E-state index contributed by atoms with van der Waals surface area (Å²) in [6.07, 6.45) is 2.28. The number of benzene rings is 1. The van der Waals surface area contributed by atoms with Gasteiger partial charge in [-0.25, -0.2) is 0 Å². The third kappa shape index (κ3) is 3.81. The van der Waals surface area contributed by atoms with E-state index >= 15 is 0 Å². The summed E-state index contributed by atoms with van der Waals surface area (Å²) >= 11 is 0. The van der Waals surface area contributed by atoms with Crippen LogP contribution in [0, 0.1) is 0 Å². The second-order valence-corrected chi connectivity index (χ2v) is 4.63. The Kier molecular flexibility index (Phi) is 5.12. The maximum atomic E-state index is 9.44. The van der Waals surface area contributed by atoms with E-state index in [0.717, 1.165) is 18.4 Å². The fourth-order valence-corrected chi connectivity index (χ4v) is 2.06. The highest BCUT2D eigenvalue weighted by Gasteiger charge is 2.17. The molecule has 20 heavy (non-hydrogen) atoms. The van der Waals surface area contributed by atoms with E-state index in [0.29, 0.717) is 24.7 Å². The van der Waals surface area contributed by atoms with Gasteiger partial charge in [0.05, 0.1) is 6.42 Å². The number of rotatable bonds is 7. The van der Waals surface area contributed by atoms with Crippen molar-refractivity contribution in [2.75, 3.05) is 6.61 Å². The van der Waals surface area contributed by atoms with Crippen molar-refractivity contribution >= 4 is 0 Å². The van der Waals surface area contributed by atoms with Crippen LogP contribution in [-0.4, -0.2) is 21.9 Å². The highest BCUT2D eigenvalue weighted by molar-refractivity contribution is 5.28. The molecule has 5 heteroatoms. The third-order valence-electron chi connectivity index (χ3n) is 2.96. The van der Waals surface area contributed by atoms with Crippen LogP contribution in [0.5, 0.6) is 5.75 Å². The van der Waals surface area contributed by atoms with E-state index < -0.39 is 0 Å². The smallest absolute Gasteiger partial charge is 0.231 e. The molecule has 108 valence electrons. The Balaban J connectivity index is 2.07. The van der Waals surface area contributed by atoms with Crippen LogP contribution in [0.3, 0.4) is 0 Å². The fourth-order valence-electron chi connectivity index (χ4n) is 2.06. The van der Waals surface area contributed by atoms with E-state index in [1.807, 2.05) is 13.0 Å². The number of hydrogen-bond acceptors (Lipinski definition) is 5. The van der Waals surface area contributed by atoms with Crippen LogP contribution in [0.4, 0.5) is 0 Å². The van der Waals surface area contributed by atoms with Crippen LogP contribution in [0.15, 0.2) is 28.8 Å². The molecule has 5 nitrogen and oxygen atoms in total. The van der Waals surface area contributed by atoms with Crippen LogP contribution in [0.2, 0.25) is 0 Å². The van der Waals surface area contributed by atoms with Crippen molar-refractivity contribution in [1.82, 2.24) is 10.1 Å². The number of ether oxygens (including phenoxy) is 1. The summed E-state index contributed by atoms with van der Waals surface area (Å²) in [5.41, 5.74) is 0.934. The monoisotopic (exact) mass is 276 g/mol. The van der Waals surface area contributed by atoms with Gasteiger partial charge in [0.25, 0.3) is 0 Å². The van der Waals surface area contributed by atoms with Gasteiger partial charge in [-0.15, -0.1) is 0 Å². The second-order valence-electron chi connectivity index (χ2n) is 4.63. The van der Waals surface area contributed by atoms with Gasteiger partial charge in [-0.05, 0) is 31.0 Å². The lowest BCUT2D eigenvalue weighted by Crippen LogP contribution is -2.06. The van der Waals surface area contributed by atoms with Crippen molar-refractivity contribution in [2.24, 2.45) is 0 Å². The molecule has 0 saturated heterocycles. The zero-order valence-corrected chi connectivity index (χ0v) is 11.9. The quantitative estimate of drug-likeness (QED) is 0.840. The molecular weight excluding hydrogens is 256 g/mol. The highest BCUT2D eigenvalue weighted by Crippen LogP contribution is 2.21. The summed E-state index contributed by atoms with van der Waals surface area (Å²) in [6, 6.07) is 7.03. The minimum absolute atomic E-state index is 0.105. The van der Waals surface area contributed by atoms with E-state index in [4.69, 9.17) is 9.26 Å². The third-order valence-corrected chi connectivity index (χ3v) is 2.96. The zero-order chi connectivity index (χ0) is 14.4. The predicted molar refractivity (Wildman–Crippen MR) is 74.5 cm³/mol. The molecule has 0 radical (unpaired) electrons. The molecule has 1 unspecified atom stereocenters. The Hall–Kier alpha value is -1.88. The molecule has 1 N–H and O–H groups in total. The van der Waals surface area contributed by atoms with Crippen LogP contribution in [0.25, 0.3) is 0 Å². The van der Waals surface area contributed by atoms with Crippen molar-refractivity contribution in [3.63, 3.8) is 0 Å². The summed E-state index contributed by atoms with van der Waals surface area (Å²) < 4.78 is 10.9. The van der Waals surface area contributed by atoms with Gasteiger partial charge < -0.3 is 14.4 Å². The lowest BCUT2D eigenvalue weighted by atomic mass is 10.1. The summed E-state index contributed by atoms with van der Waals surface area (Å²) in [4.78, 5) is 4.39.